The molecule has 3 rings (SSSR count). The van der Waals surface area contributed by atoms with Crippen LogP contribution in [0.2, 0.25) is 0 Å². The zero-order valence-corrected chi connectivity index (χ0v) is 12.7. The van der Waals surface area contributed by atoms with E-state index in [0.717, 1.165) is 22.2 Å². The maximum Gasteiger partial charge on any atom is 0.274 e. The summed E-state index contributed by atoms with van der Waals surface area (Å²) in [4.78, 5) is 15.4. The lowest BCUT2D eigenvalue weighted by atomic mass is 10.1. The summed E-state index contributed by atoms with van der Waals surface area (Å²) in [7, 11) is 0. The van der Waals surface area contributed by atoms with Crippen molar-refractivity contribution in [2.45, 2.75) is 20.8 Å². The van der Waals surface area contributed by atoms with Crippen molar-refractivity contribution in [2.75, 3.05) is 0 Å². The van der Waals surface area contributed by atoms with Gasteiger partial charge in [0.2, 0.25) is 0 Å². The Morgan fingerprint density at radius 2 is 2.05 bits per heavy atom. The first-order valence-corrected chi connectivity index (χ1v) is 7.04. The summed E-state index contributed by atoms with van der Waals surface area (Å²) in [5, 5.41) is 5.14. The molecule has 5 nitrogen and oxygen atoms in total. The molecule has 1 amide bonds. The molecule has 2 N–H and O–H groups in total. The third kappa shape index (κ3) is 2.53. The van der Waals surface area contributed by atoms with Gasteiger partial charge < -0.3 is 9.40 Å². The van der Waals surface area contributed by atoms with Gasteiger partial charge in [-0.3, -0.25) is 4.79 Å². The number of para-hydroxylation sites is 1. The van der Waals surface area contributed by atoms with Gasteiger partial charge in [-0.1, -0.05) is 18.2 Å². The van der Waals surface area contributed by atoms with Crippen LogP contribution in [0, 0.1) is 20.8 Å². The van der Waals surface area contributed by atoms with Gasteiger partial charge in [0.1, 0.15) is 11.5 Å². The van der Waals surface area contributed by atoms with E-state index in [0.29, 0.717) is 17.1 Å². The summed E-state index contributed by atoms with van der Waals surface area (Å²) in [5.74, 6) is 1.02. The molecule has 0 aliphatic heterocycles. The molecule has 0 atom stereocenters. The number of furan rings is 1. The van der Waals surface area contributed by atoms with Gasteiger partial charge in [0.05, 0.1) is 11.8 Å². The molecule has 3 aromatic rings. The smallest absolute Gasteiger partial charge is 0.274 e. The van der Waals surface area contributed by atoms with E-state index in [1.807, 2.05) is 38.1 Å². The van der Waals surface area contributed by atoms with E-state index < -0.39 is 0 Å². The Morgan fingerprint density at radius 1 is 1.27 bits per heavy atom. The van der Waals surface area contributed by atoms with E-state index in [9.17, 15) is 4.79 Å². The van der Waals surface area contributed by atoms with E-state index >= 15 is 0 Å². The quantitative estimate of drug-likeness (QED) is 0.574. The first-order valence-electron chi connectivity index (χ1n) is 7.04. The fraction of sp³-hybridized carbons (Fsp3) is 0.176. The molecule has 2 heterocycles. The zero-order chi connectivity index (χ0) is 15.7. The number of carbonyl (C=O) groups is 1. The number of hydrogen-bond donors (Lipinski definition) is 2. The highest BCUT2D eigenvalue weighted by Gasteiger charge is 2.12. The molecule has 1 aromatic carbocycles. The van der Waals surface area contributed by atoms with Crippen molar-refractivity contribution in [3.63, 3.8) is 0 Å². The van der Waals surface area contributed by atoms with E-state index in [1.165, 1.54) is 0 Å². The molecule has 2 aromatic heterocycles. The molecular weight excluding hydrogens is 278 g/mol. The second-order valence-electron chi connectivity index (χ2n) is 5.24. The minimum absolute atomic E-state index is 0.275. The zero-order valence-electron chi connectivity index (χ0n) is 12.7. The minimum Gasteiger partial charge on any atom is -0.466 e. The molecule has 112 valence electrons. The van der Waals surface area contributed by atoms with Gasteiger partial charge in [0.15, 0.2) is 0 Å². The van der Waals surface area contributed by atoms with Gasteiger partial charge in [-0.15, -0.1) is 0 Å². The Bertz CT molecular complexity index is 871. The maximum atomic E-state index is 12.1. The lowest BCUT2D eigenvalue weighted by molar-refractivity contribution is 0.0953. The molecule has 0 radical (unpaired) electrons. The van der Waals surface area contributed by atoms with Gasteiger partial charge in [-0.05, 0) is 32.9 Å². The normalized spacial score (nSPS) is 11.4. The second kappa shape index (κ2) is 5.52. The SMILES string of the molecule is Cc1cc(C(=O)N/N=C\c2c(C)[nH]c3ccccc23)c(C)o1. The number of nitrogens with zero attached hydrogens (tertiary/aromatic N) is 1. The summed E-state index contributed by atoms with van der Waals surface area (Å²) in [5.41, 5.74) is 6.07. The van der Waals surface area contributed by atoms with E-state index in [-0.39, 0.29) is 5.91 Å². The number of aromatic amines is 1. The van der Waals surface area contributed by atoms with Crippen molar-refractivity contribution in [1.29, 1.82) is 0 Å². The molecule has 0 unspecified atom stereocenters. The molecule has 22 heavy (non-hydrogen) atoms. The van der Waals surface area contributed by atoms with E-state index in [4.69, 9.17) is 4.42 Å². The number of aromatic nitrogens is 1. The average Bonchev–Trinajstić information content (AvgIpc) is 2.98. The van der Waals surface area contributed by atoms with E-state index in [1.54, 1.807) is 19.2 Å². The van der Waals surface area contributed by atoms with Crippen LogP contribution in [0.5, 0.6) is 0 Å². The van der Waals surface area contributed by atoms with Crippen molar-refractivity contribution in [1.82, 2.24) is 10.4 Å². The summed E-state index contributed by atoms with van der Waals surface area (Å²) in [6.07, 6.45) is 1.66. The van der Waals surface area contributed by atoms with Crippen molar-refractivity contribution < 1.29 is 9.21 Å². The van der Waals surface area contributed by atoms with Gasteiger partial charge >= 0.3 is 0 Å². The third-order valence-corrected chi connectivity index (χ3v) is 3.59. The minimum atomic E-state index is -0.275. The van der Waals surface area contributed by atoms with Crippen LogP contribution in [0.4, 0.5) is 0 Å². The fourth-order valence-electron chi connectivity index (χ4n) is 2.54. The summed E-state index contributed by atoms with van der Waals surface area (Å²) in [6, 6.07) is 9.69. The van der Waals surface area contributed by atoms with Crippen LogP contribution in [0.1, 0.15) is 33.1 Å². The number of hydrazone groups is 1. The number of amides is 1. The van der Waals surface area contributed by atoms with Gasteiger partial charge in [-0.25, -0.2) is 5.43 Å². The number of benzene rings is 1. The summed E-state index contributed by atoms with van der Waals surface area (Å²) >= 11 is 0. The Hall–Kier alpha value is -2.82. The van der Waals surface area contributed by atoms with Crippen LogP contribution in [0.3, 0.4) is 0 Å². The Labute approximate surface area is 128 Å². The topological polar surface area (TPSA) is 70.4 Å². The number of H-pyrrole nitrogens is 1. The number of hydrogen-bond acceptors (Lipinski definition) is 3. The monoisotopic (exact) mass is 295 g/mol. The second-order valence-corrected chi connectivity index (χ2v) is 5.24. The van der Waals surface area contributed by atoms with Crippen LogP contribution < -0.4 is 5.43 Å². The molecule has 0 fully saturated rings. The summed E-state index contributed by atoms with van der Waals surface area (Å²) in [6.45, 7) is 5.55. The predicted octanol–water partition coefficient (Wildman–Crippen LogP) is 3.45. The molecule has 0 spiro atoms. The highest BCUT2D eigenvalue weighted by molar-refractivity contribution is 6.01. The Morgan fingerprint density at radius 3 is 2.77 bits per heavy atom. The maximum absolute atomic E-state index is 12.1. The molecule has 0 aliphatic carbocycles. The first kappa shape index (κ1) is 14.1. The van der Waals surface area contributed by atoms with Crippen molar-refractivity contribution in [2.24, 2.45) is 5.10 Å². The van der Waals surface area contributed by atoms with Crippen LogP contribution in [-0.2, 0) is 0 Å². The largest absolute Gasteiger partial charge is 0.466 e. The number of nitrogens with one attached hydrogen (secondary N) is 2. The number of carbonyl (C=O) groups excluding carboxylic acids is 1. The lowest BCUT2D eigenvalue weighted by Gasteiger charge is -1.97. The first-order chi connectivity index (χ1) is 10.6. The van der Waals surface area contributed by atoms with Gasteiger partial charge in [0.25, 0.3) is 5.91 Å². The third-order valence-electron chi connectivity index (χ3n) is 3.59. The van der Waals surface area contributed by atoms with Crippen molar-refractivity contribution in [3.8, 4) is 0 Å². The highest BCUT2D eigenvalue weighted by Crippen LogP contribution is 2.20. The number of fused-ring (bicyclic) bond motifs is 1. The van der Waals surface area contributed by atoms with Crippen molar-refractivity contribution >= 4 is 23.0 Å². The van der Waals surface area contributed by atoms with Gasteiger partial charge in [0, 0.05) is 22.2 Å². The van der Waals surface area contributed by atoms with Crippen LogP contribution in [-0.4, -0.2) is 17.1 Å². The van der Waals surface area contributed by atoms with Crippen LogP contribution in [0.25, 0.3) is 10.9 Å². The fourth-order valence-corrected chi connectivity index (χ4v) is 2.54. The molecule has 5 heteroatoms. The highest BCUT2D eigenvalue weighted by atomic mass is 16.3. The van der Waals surface area contributed by atoms with Gasteiger partial charge in [-0.2, -0.15) is 5.10 Å². The average molecular weight is 295 g/mol. The molecule has 0 bridgehead atoms. The number of rotatable bonds is 3. The molecule has 0 saturated heterocycles. The standard InChI is InChI=1S/C17H17N3O2/c1-10-8-14(12(3)22-10)17(21)20-18-9-15-11(2)19-16-7-5-4-6-13(15)16/h4-9,19H,1-3H3,(H,20,21)/b18-9-. The lowest BCUT2D eigenvalue weighted by Crippen LogP contribution is -2.17. The van der Waals surface area contributed by atoms with Crippen LogP contribution >= 0.6 is 0 Å². The molecule has 0 aliphatic rings. The Balaban J connectivity index is 1.81. The molecular formula is C17H17N3O2. The Kier molecular flexibility index (Phi) is 3.55. The number of aryl methyl sites for hydroxylation is 3. The van der Waals surface area contributed by atoms with Crippen molar-refractivity contribution in [3.05, 3.63) is 58.7 Å². The molecule has 0 saturated carbocycles. The van der Waals surface area contributed by atoms with Crippen LogP contribution in [0.15, 0.2) is 39.9 Å². The predicted molar refractivity (Wildman–Crippen MR) is 86.3 cm³/mol. The summed E-state index contributed by atoms with van der Waals surface area (Å²) < 4.78 is 5.35. The van der Waals surface area contributed by atoms with E-state index in [2.05, 4.69) is 15.5 Å².